The predicted octanol–water partition coefficient (Wildman–Crippen LogP) is 3.56. The molecule has 3 aromatic rings. The second-order valence-corrected chi connectivity index (χ2v) is 8.49. The summed E-state index contributed by atoms with van der Waals surface area (Å²) in [6.45, 7) is 4.79. The first kappa shape index (κ1) is 23.2. The average Bonchev–Trinajstić information content (AvgIpc) is 2.75. The minimum absolute atomic E-state index is 0.000131. The maximum Gasteiger partial charge on any atom is 0.255 e. The van der Waals surface area contributed by atoms with Crippen LogP contribution in [0.25, 0.3) is 16.5 Å². The third kappa shape index (κ3) is 4.44. The van der Waals surface area contributed by atoms with Crippen molar-refractivity contribution in [1.29, 1.82) is 5.41 Å². The average molecular weight is 461 g/mol. The van der Waals surface area contributed by atoms with E-state index in [4.69, 9.17) is 10.1 Å². The molecule has 0 bridgehead atoms. The topological polar surface area (TPSA) is 109 Å². The van der Waals surface area contributed by atoms with Crippen molar-refractivity contribution in [1.82, 2.24) is 14.5 Å². The fourth-order valence-corrected chi connectivity index (χ4v) is 4.28. The molecular weight excluding hydrogens is 432 g/mol. The van der Waals surface area contributed by atoms with E-state index in [9.17, 15) is 14.7 Å². The number of rotatable bonds is 7. The van der Waals surface area contributed by atoms with Crippen molar-refractivity contribution in [3.63, 3.8) is 0 Å². The molecule has 1 aliphatic rings. The van der Waals surface area contributed by atoms with Crippen molar-refractivity contribution in [2.75, 3.05) is 20.2 Å². The molecule has 34 heavy (non-hydrogen) atoms. The van der Waals surface area contributed by atoms with Crippen LogP contribution < -0.4 is 10.3 Å². The number of likely N-dealkylation sites (tertiary alicyclic amines) is 1. The number of carbonyl (C=O) groups is 1. The second-order valence-electron chi connectivity index (χ2n) is 8.49. The fraction of sp³-hybridized carbons (Fsp3) is 0.308. The Balaban J connectivity index is 1.95. The van der Waals surface area contributed by atoms with Gasteiger partial charge in [0.25, 0.3) is 5.56 Å². The molecule has 3 heterocycles. The molecule has 1 fully saturated rings. The van der Waals surface area contributed by atoms with Crippen LogP contribution in [0, 0.1) is 5.41 Å². The maximum atomic E-state index is 13.5. The Hall–Kier alpha value is -3.94. The molecule has 0 atom stereocenters. The van der Waals surface area contributed by atoms with E-state index in [1.807, 2.05) is 18.2 Å². The number of hydrogen-bond acceptors (Lipinski definition) is 6. The zero-order valence-electron chi connectivity index (χ0n) is 19.6. The van der Waals surface area contributed by atoms with E-state index < -0.39 is 0 Å². The summed E-state index contributed by atoms with van der Waals surface area (Å²) in [6.07, 6.45) is 2.67. The number of aromatic nitrogens is 2. The SMILES string of the molecule is COc1cc2c(cc1/C(C(C)=N)=C(\C)O)cc(CC(=O)N1CCC1)c(=O)n2Cc1ccccn1. The molecule has 0 saturated carbocycles. The van der Waals surface area contributed by atoms with E-state index in [2.05, 4.69) is 4.98 Å². The Bertz CT molecular complexity index is 1350. The number of pyridine rings is 2. The number of nitrogens with one attached hydrogen (secondary N) is 1. The van der Waals surface area contributed by atoms with Crippen molar-refractivity contribution >= 4 is 28.1 Å². The quantitative estimate of drug-likeness (QED) is 0.414. The number of aliphatic hydroxyl groups is 1. The van der Waals surface area contributed by atoms with Crippen LogP contribution in [0.15, 0.2) is 53.1 Å². The van der Waals surface area contributed by atoms with Crippen LogP contribution in [0.2, 0.25) is 0 Å². The van der Waals surface area contributed by atoms with Crippen molar-refractivity contribution < 1.29 is 14.6 Å². The summed E-state index contributed by atoms with van der Waals surface area (Å²) in [4.78, 5) is 32.3. The first-order chi connectivity index (χ1) is 16.3. The summed E-state index contributed by atoms with van der Waals surface area (Å²) in [6, 6.07) is 10.8. The summed E-state index contributed by atoms with van der Waals surface area (Å²) in [5, 5.41) is 19.1. The number of amides is 1. The highest BCUT2D eigenvalue weighted by atomic mass is 16.5. The number of aliphatic hydroxyl groups excluding tert-OH is 1. The highest BCUT2D eigenvalue weighted by molar-refractivity contribution is 6.22. The Kier molecular flexibility index (Phi) is 6.49. The van der Waals surface area contributed by atoms with Crippen LogP contribution in [0.5, 0.6) is 5.75 Å². The minimum atomic E-state index is -0.251. The van der Waals surface area contributed by atoms with Crippen LogP contribution in [-0.4, -0.2) is 51.4 Å². The molecule has 0 spiro atoms. The van der Waals surface area contributed by atoms with Crippen LogP contribution in [0.1, 0.15) is 37.1 Å². The molecule has 2 aromatic heterocycles. The number of carbonyl (C=O) groups excluding carboxylic acids is 1. The molecule has 1 amide bonds. The Morgan fingerprint density at radius 1 is 1.21 bits per heavy atom. The van der Waals surface area contributed by atoms with Crippen molar-refractivity contribution in [3.8, 4) is 5.75 Å². The molecule has 8 nitrogen and oxygen atoms in total. The van der Waals surface area contributed by atoms with E-state index >= 15 is 0 Å². The fourth-order valence-electron chi connectivity index (χ4n) is 4.28. The van der Waals surface area contributed by atoms with Crippen molar-refractivity contribution in [3.05, 3.63) is 75.5 Å². The largest absolute Gasteiger partial charge is 0.512 e. The molecule has 1 aromatic carbocycles. The van der Waals surface area contributed by atoms with E-state index in [1.54, 1.807) is 40.8 Å². The van der Waals surface area contributed by atoms with Crippen molar-refractivity contribution in [2.24, 2.45) is 0 Å². The van der Waals surface area contributed by atoms with Gasteiger partial charge in [0.05, 0.1) is 37.0 Å². The number of benzene rings is 1. The maximum absolute atomic E-state index is 13.5. The highest BCUT2D eigenvalue weighted by Crippen LogP contribution is 2.33. The number of methoxy groups -OCH3 is 1. The zero-order chi connectivity index (χ0) is 24.4. The van der Waals surface area contributed by atoms with E-state index in [-0.39, 0.29) is 35.9 Å². The van der Waals surface area contributed by atoms with Crippen molar-refractivity contribution in [2.45, 2.75) is 33.2 Å². The van der Waals surface area contributed by atoms with E-state index in [1.165, 1.54) is 14.0 Å². The third-order valence-electron chi connectivity index (χ3n) is 6.09. The van der Waals surface area contributed by atoms with Gasteiger partial charge >= 0.3 is 0 Å². The van der Waals surface area contributed by atoms with Crippen LogP contribution >= 0.6 is 0 Å². The molecule has 8 heteroatoms. The van der Waals surface area contributed by atoms with Gasteiger partial charge in [0.15, 0.2) is 0 Å². The normalized spacial score (nSPS) is 13.9. The van der Waals surface area contributed by atoms with Gasteiger partial charge in [-0.15, -0.1) is 0 Å². The van der Waals surface area contributed by atoms with Gasteiger partial charge in [-0.3, -0.25) is 14.6 Å². The number of nitrogens with zero attached hydrogens (tertiary/aromatic N) is 3. The molecule has 0 radical (unpaired) electrons. The molecule has 1 aliphatic heterocycles. The van der Waals surface area contributed by atoms with Gasteiger partial charge in [-0.2, -0.15) is 0 Å². The summed E-state index contributed by atoms with van der Waals surface area (Å²) < 4.78 is 7.20. The first-order valence-electron chi connectivity index (χ1n) is 11.2. The lowest BCUT2D eigenvalue weighted by atomic mass is 9.96. The smallest absolute Gasteiger partial charge is 0.255 e. The standard InChI is InChI=1S/C26H28N4O4/c1-16(27)25(17(2)31)21-12-18-11-19(13-24(32)29-9-6-10-29)26(33)30(22(18)14-23(21)34-3)15-20-7-4-5-8-28-20/h4-5,7-8,11-12,14,27,31H,6,9-10,13,15H2,1-3H3/b25-17+,27-16?. The Morgan fingerprint density at radius 3 is 2.53 bits per heavy atom. The van der Waals surface area contributed by atoms with E-state index in [0.717, 1.165) is 19.5 Å². The minimum Gasteiger partial charge on any atom is -0.512 e. The molecule has 2 N–H and O–H groups in total. The van der Waals surface area contributed by atoms with Gasteiger partial charge in [-0.05, 0) is 49.9 Å². The van der Waals surface area contributed by atoms with Gasteiger partial charge in [0.2, 0.25) is 5.91 Å². The van der Waals surface area contributed by atoms with Gasteiger partial charge in [0, 0.05) is 47.8 Å². The van der Waals surface area contributed by atoms with Crippen LogP contribution in [0.4, 0.5) is 0 Å². The molecule has 0 unspecified atom stereocenters. The molecular formula is C26H28N4O4. The number of allylic oxidation sites excluding steroid dienone is 2. The number of fused-ring (bicyclic) bond motifs is 1. The monoisotopic (exact) mass is 460 g/mol. The number of hydrogen-bond donors (Lipinski definition) is 2. The van der Waals surface area contributed by atoms with Gasteiger partial charge < -0.3 is 24.7 Å². The van der Waals surface area contributed by atoms with Gasteiger partial charge in [-0.25, -0.2) is 0 Å². The van der Waals surface area contributed by atoms with Crippen LogP contribution in [-0.2, 0) is 17.8 Å². The molecule has 0 aliphatic carbocycles. The molecule has 4 rings (SSSR count). The zero-order valence-corrected chi connectivity index (χ0v) is 19.6. The summed E-state index contributed by atoms with van der Waals surface area (Å²) in [5.74, 6) is 0.365. The lowest BCUT2D eigenvalue weighted by molar-refractivity contribution is -0.133. The summed E-state index contributed by atoms with van der Waals surface area (Å²) in [5.41, 5.74) is 2.57. The van der Waals surface area contributed by atoms with Gasteiger partial charge in [0.1, 0.15) is 5.75 Å². The first-order valence-corrected chi connectivity index (χ1v) is 11.2. The third-order valence-corrected chi connectivity index (χ3v) is 6.09. The second kappa shape index (κ2) is 9.51. The Labute approximate surface area is 197 Å². The van der Waals surface area contributed by atoms with Gasteiger partial charge in [-0.1, -0.05) is 6.07 Å². The number of ether oxygens (including phenoxy) is 1. The lowest BCUT2D eigenvalue weighted by Crippen LogP contribution is -2.43. The van der Waals surface area contributed by atoms with Crippen LogP contribution in [0.3, 0.4) is 0 Å². The van der Waals surface area contributed by atoms with E-state index in [0.29, 0.717) is 39.0 Å². The predicted molar refractivity (Wildman–Crippen MR) is 132 cm³/mol. The summed E-state index contributed by atoms with van der Waals surface area (Å²) in [7, 11) is 1.51. The Morgan fingerprint density at radius 2 is 1.97 bits per heavy atom. The summed E-state index contributed by atoms with van der Waals surface area (Å²) >= 11 is 0. The highest BCUT2D eigenvalue weighted by Gasteiger charge is 2.23. The lowest BCUT2D eigenvalue weighted by Gasteiger charge is -2.31. The molecule has 1 saturated heterocycles. The molecule has 176 valence electrons.